The zero-order valence-electron chi connectivity index (χ0n) is 12.9. The highest BCUT2D eigenvalue weighted by molar-refractivity contribution is 5.92. The van der Waals surface area contributed by atoms with Crippen LogP contribution in [0, 0.1) is 5.92 Å². The van der Waals surface area contributed by atoms with E-state index in [-0.39, 0.29) is 24.7 Å². The molecule has 0 spiro atoms. The number of hydrogen-bond donors (Lipinski definition) is 1. The molecule has 1 amide bonds. The summed E-state index contributed by atoms with van der Waals surface area (Å²) in [4.78, 5) is 22.9. The SMILES string of the molecule is CCOC(=O)CCC(=O)Nc1cnn(CC2CCOCC2)c1. The van der Waals surface area contributed by atoms with Gasteiger partial charge in [0.25, 0.3) is 0 Å². The fourth-order valence-corrected chi connectivity index (χ4v) is 2.39. The van der Waals surface area contributed by atoms with Gasteiger partial charge in [-0.15, -0.1) is 0 Å². The van der Waals surface area contributed by atoms with Crippen LogP contribution in [0.15, 0.2) is 12.4 Å². The first-order chi connectivity index (χ1) is 10.7. The molecular formula is C15H23N3O4. The Labute approximate surface area is 130 Å². The molecule has 1 aromatic heterocycles. The highest BCUT2D eigenvalue weighted by Gasteiger charge is 2.15. The highest BCUT2D eigenvalue weighted by Crippen LogP contribution is 2.17. The van der Waals surface area contributed by atoms with Crippen LogP contribution in [0.1, 0.15) is 32.6 Å². The van der Waals surface area contributed by atoms with Crippen molar-refractivity contribution in [2.45, 2.75) is 39.2 Å². The van der Waals surface area contributed by atoms with Gasteiger partial charge in [-0.3, -0.25) is 14.3 Å². The number of carbonyl (C=O) groups excluding carboxylic acids is 2. The molecule has 122 valence electrons. The van der Waals surface area contributed by atoms with Crippen LogP contribution in [0.25, 0.3) is 0 Å². The van der Waals surface area contributed by atoms with Crippen LogP contribution >= 0.6 is 0 Å². The second-order valence-corrected chi connectivity index (χ2v) is 5.36. The lowest BCUT2D eigenvalue weighted by Crippen LogP contribution is -2.20. The Hall–Kier alpha value is -1.89. The van der Waals surface area contributed by atoms with E-state index in [2.05, 4.69) is 10.4 Å². The maximum atomic E-state index is 11.7. The van der Waals surface area contributed by atoms with Gasteiger partial charge in [-0.1, -0.05) is 0 Å². The summed E-state index contributed by atoms with van der Waals surface area (Å²) in [5, 5.41) is 7.00. The largest absolute Gasteiger partial charge is 0.466 e. The number of nitrogens with zero attached hydrogens (tertiary/aromatic N) is 2. The van der Waals surface area contributed by atoms with E-state index < -0.39 is 0 Å². The molecule has 1 aliphatic heterocycles. The summed E-state index contributed by atoms with van der Waals surface area (Å²) in [5.41, 5.74) is 0.654. The Bertz CT molecular complexity index is 495. The van der Waals surface area contributed by atoms with Crippen molar-refractivity contribution in [1.29, 1.82) is 0 Å². The van der Waals surface area contributed by atoms with Gasteiger partial charge in [-0.25, -0.2) is 0 Å². The van der Waals surface area contributed by atoms with Crippen molar-refractivity contribution in [2.24, 2.45) is 5.92 Å². The molecule has 2 heterocycles. The lowest BCUT2D eigenvalue weighted by molar-refractivity contribution is -0.144. The monoisotopic (exact) mass is 309 g/mol. The Balaban J connectivity index is 1.73. The number of anilines is 1. The van der Waals surface area contributed by atoms with Gasteiger partial charge < -0.3 is 14.8 Å². The minimum Gasteiger partial charge on any atom is -0.466 e. The van der Waals surface area contributed by atoms with Crippen LogP contribution in [0.3, 0.4) is 0 Å². The van der Waals surface area contributed by atoms with Gasteiger partial charge >= 0.3 is 5.97 Å². The molecule has 0 atom stereocenters. The number of esters is 1. The Kier molecular flexibility index (Phi) is 6.39. The molecule has 0 saturated carbocycles. The quantitative estimate of drug-likeness (QED) is 0.773. The average molecular weight is 309 g/mol. The number of amides is 1. The lowest BCUT2D eigenvalue weighted by atomic mass is 10.0. The summed E-state index contributed by atoms with van der Waals surface area (Å²) >= 11 is 0. The maximum Gasteiger partial charge on any atom is 0.306 e. The minimum atomic E-state index is -0.354. The molecule has 0 radical (unpaired) electrons. The summed E-state index contributed by atoms with van der Waals surface area (Å²) in [6, 6.07) is 0. The predicted molar refractivity (Wildman–Crippen MR) is 80.3 cm³/mol. The smallest absolute Gasteiger partial charge is 0.306 e. The summed E-state index contributed by atoms with van der Waals surface area (Å²) in [5.74, 6) is 0.00699. The minimum absolute atomic E-state index is 0.0931. The fraction of sp³-hybridized carbons (Fsp3) is 0.667. The second kappa shape index (κ2) is 8.53. The van der Waals surface area contributed by atoms with Crippen molar-refractivity contribution < 1.29 is 19.1 Å². The van der Waals surface area contributed by atoms with Crippen LogP contribution in [-0.2, 0) is 25.6 Å². The molecular weight excluding hydrogens is 286 g/mol. The summed E-state index contributed by atoms with van der Waals surface area (Å²) in [7, 11) is 0. The summed E-state index contributed by atoms with van der Waals surface area (Å²) < 4.78 is 12.0. The van der Waals surface area contributed by atoms with Crippen LogP contribution in [0.4, 0.5) is 5.69 Å². The Morgan fingerprint density at radius 3 is 2.91 bits per heavy atom. The molecule has 1 saturated heterocycles. The zero-order valence-corrected chi connectivity index (χ0v) is 12.9. The van der Waals surface area contributed by atoms with Crippen molar-refractivity contribution in [3.63, 3.8) is 0 Å². The van der Waals surface area contributed by atoms with Crippen molar-refractivity contribution in [3.05, 3.63) is 12.4 Å². The second-order valence-electron chi connectivity index (χ2n) is 5.36. The number of ether oxygens (including phenoxy) is 2. The molecule has 7 heteroatoms. The van der Waals surface area contributed by atoms with E-state index >= 15 is 0 Å². The van der Waals surface area contributed by atoms with Crippen molar-refractivity contribution in [1.82, 2.24) is 9.78 Å². The number of rotatable bonds is 7. The summed E-state index contributed by atoms with van der Waals surface area (Å²) in [6.07, 6.45) is 5.74. The third kappa shape index (κ3) is 5.48. The van der Waals surface area contributed by atoms with Crippen LogP contribution in [0.5, 0.6) is 0 Å². The van der Waals surface area contributed by atoms with Gasteiger partial charge in [0, 0.05) is 32.4 Å². The Morgan fingerprint density at radius 2 is 2.18 bits per heavy atom. The van der Waals surface area contributed by atoms with E-state index in [1.807, 2.05) is 10.9 Å². The standard InChI is InChI=1S/C15H23N3O4/c1-2-22-15(20)4-3-14(19)17-13-9-16-18(11-13)10-12-5-7-21-8-6-12/h9,11-12H,2-8,10H2,1H3,(H,17,19). The average Bonchev–Trinajstić information content (AvgIpc) is 2.93. The molecule has 1 aromatic rings. The van der Waals surface area contributed by atoms with Gasteiger partial charge in [0.1, 0.15) is 0 Å². The van der Waals surface area contributed by atoms with Crippen molar-refractivity contribution in [2.75, 3.05) is 25.1 Å². The maximum absolute atomic E-state index is 11.7. The molecule has 1 N–H and O–H groups in total. The first kappa shape index (κ1) is 16.5. The lowest BCUT2D eigenvalue weighted by Gasteiger charge is -2.21. The summed E-state index contributed by atoms with van der Waals surface area (Å²) in [6.45, 7) is 4.53. The van der Waals surface area contributed by atoms with E-state index in [9.17, 15) is 9.59 Å². The Morgan fingerprint density at radius 1 is 1.41 bits per heavy atom. The first-order valence-corrected chi connectivity index (χ1v) is 7.73. The number of aromatic nitrogens is 2. The van der Waals surface area contributed by atoms with E-state index in [1.54, 1.807) is 13.1 Å². The molecule has 0 bridgehead atoms. The van der Waals surface area contributed by atoms with Gasteiger partial charge in [-0.05, 0) is 25.7 Å². The molecule has 22 heavy (non-hydrogen) atoms. The fourth-order valence-electron chi connectivity index (χ4n) is 2.39. The molecule has 0 aromatic carbocycles. The highest BCUT2D eigenvalue weighted by atomic mass is 16.5. The van der Waals surface area contributed by atoms with E-state index in [0.717, 1.165) is 32.6 Å². The van der Waals surface area contributed by atoms with Crippen LogP contribution < -0.4 is 5.32 Å². The predicted octanol–water partition coefficient (Wildman–Crippen LogP) is 1.59. The first-order valence-electron chi connectivity index (χ1n) is 7.73. The number of carbonyl (C=O) groups is 2. The number of hydrogen-bond acceptors (Lipinski definition) is 5. The van der Waals surface area contributed by atoms with Gasteiger partial charge in [-0.2, -0.15) is 5.10 Å². The van der Waals surface area contributed by atoms with Crippen LogP contribution in [0.2, 0.25) is 0 Å². The normalized spacial score (nSPS) is 15.5. The van der Waals surface area contributed by atoms with E-state index in [1.165, 1.54) is 0 Å². The molecule has 0 aliphatic carbocycles. The molecule has 7 nitrogen and oxygen atoms in total. The molecule has 0 unspecified atom stereocenters. The third-order valence-corrected chi connectivity index (χ3v) is 3.56. The molecule has 2 rings (SSSR count). The number of nitrogens with one attached hydrogen (secondary N) is 1. The zero-order chi connectivity index (χ0) is 15.8. The van der Waals surface area contributed by atoms with Crippen LogP contribution in [-0.4, -0.2) is 41.5 Å². The van der Waals surface area contributed by atoms with Gasteiger partial charge in [0.2, 0.25) is 5.91 Å². The van der Waals surface area contributed by atoms with Crippen molar-refractivity contribution >= 4 is 17.6 Å². The van der Waals surface area contributed by atoms with Gasteiger partial charge in [0.05, 0.1) is 24.9 Å². The van der Waals surface area contributed by atoms with Gasteiger partial charge in [0.15, 0.2) is 0 Å². The molecule has 1 aliphatic rings. The molecule has 1 fully saturated rings. The van der Waals surface area contributed by atoms with E-state index in [0.29, 0.717) is 18.2 Å². The van der Waals surface area contributed by atoms with E-state index in [4.69, 9.17) is 9.47 Å². The third-order valence-electron chi connectivity index (χ3n) is 3.56. The topological polar surface area (TPSA) is 82.5 Å². The van der Waals surface area contributed by atoms with Crippen molar-refractivity contribution in [3.8, 4) is 0 Å².